The quantitative estimate of drug-likeness (QED) is 0.238. The summed E-state index contributed by atoms with van der Waals surface area (Å²) in [6, 6.07) is 0. The molecule has 0 aromatic rings. The van der Waals surface area contributed by atoms with Crippen LogP contribution in [0, 0.1) is 5.41 Å². The molecule has 0 heterocycles. The van der Waals surface area contributed by atoms with E-state index in [1.165, 1.54) is 4.90 Å². The maximum absolute atomic E-state index is 8.70. The lowest BCUT2D eigenvalue weighted by Gasteiger charge is -2.18. The van der Waals surface area contributed by atoms with Crippen molar-refractivity contribution in [3.8, 4) is 0 Å². The van der Waals surface area contributed by atoms with Gasteiger partial charge in [-0.05, 0) is 6.92 Å². The monoisotopic (exact) mass is 117 g/mol. The Labute approximate surface area is 48.4 Å². The first kappa shape index (κ1) is 7.23. The van der Waals surface area contributed by atoms with Crippen molar-refractivity contribution in [3.05, 3.63) is 0 Å². The molecule has 0 spiro atoms. The molecule has 0 saturated heterocycles. The molecule has 0 aromatic heterocycles. The first-order valence-corrected chi connectivity index (χ1v) is 2.30. The topological polar surface area (TPSA) is 73.3 Å². The number of nitrogens with two attached hydrogens (primary N) is 1. The van der Waals surface area contributed by atoms with Gasteiger partial charge in [0.25, 0.3) is 0 Å². The Balaban J connectivity index is 3.64. The van der Waals surface area contributed by atoms with E-state index >= 15 is 0 Å². The van der Waals surface area contributed by atoms with E-state index in [0.29, 0.717) is 0 Å². The van der Waals surface area contributed by atoms with E-state index in [0.717, 1.165) is 0 Å². The molecule has 0 fully saturated rings. The Morgan fingerprint density at radius 2 is 2.25 bits per heavy atom. The maximum atomic E-state index is 8.70. The third-order valence-electron chi connectivity index (χ3n) is 0.940. The molecule has 0 radical (unpaired) electrons. The van der Waals surface area contributed by atoms with Gasteiger partial charge in [-0.25, -0.2) is 0 Å². The van der Waals surface area contributed by atoms with Gasteiger partial charge in [-0.2, -0.15) is 0 Å². The molecular formula is C4H11N3O. The van der Waals surface area contributed by atoms with Gasteiger partial charge < -0.3 is 15.7 Å². The summed E-state index contributed by atoms with van der Waals surface area (Å²) in [6.45, 7) is 1.54. The van der Waals surface area contributed by atoms with Crippen molar-refractivity contribution in [2.75, 3.05) is 7.05 Å². The molecule has 0 bridgehead atoms. The second-order valence-corrected chi connectivity index (χ2v) is 1.63. The molecule has 4 nitrogen and oxygen atoms in total. The molecule has 1 atom stereocenters. The first-order valence-electron chi connectivity index (χ1n) is 2.30. The molecule has 48 valence electrons. The van der Waals surface area contributed by atoms with Crippen molar-refractivity contribution < 1.29 is 5.11 Å². The molecule has 0 aromatic carbocycles. The highest BCUT2D eigenvalue weighted by Crippen LogP contribution is 1.85. The van der Waals surface area contributed by atoms with Crippen molar-refractivity contribution in [1.29, 1.82) is 5.41 Å². The van der Waals surface area contributed by atoms with E-state index in [9.17, 15) is 0 Å². The van der Waals surface area contributed by atoms with E-state index < -0.39 is 6.23 Å². The molecule has 0 saturated carbocycles. The number of rotatable bonds is 1. The zero-order valence-corrected chi connectivity index (χ0v) is 5.05. The van der Waals surface area contributed by atoms with E-state index in [1.54, 1.807) is 14.0 Å². The van der Waals surface area contributed by atoms with Crippen LogP contribution in [0.5, 0.6) is 0 Å². The molecule has 0 aliphatic rings. The summed E-state index contributed by atoms with van der Waals surface area (Å²) in [7, 11) is 1.55. The van der Waals surface area contributed by atoms with Crippen molar-refractivity contribution in [2.24, 2.45) is 5.73 Å². The van der Waals surface area contributed by atoms with Crippen LogP contribution < -0.4 is 5.73 Å². The second kappa shape index (κ2) is 2.52. The molecule has 0 aliphatic heterocycles. The average molecular weight is 117 g/mol. The van der Waals surface area contributed by atoms with Gasteiger partial charge in [-0.1, -0.05) is 0 Å². The minimum atomic E-state index is -0.674. The molecule has 0 amide bonds. The van der Waals surface area contributed by atoms with Gasteiger partial charge in [0, 0.05) is 7.05 Å². The minimum Gasteiger partial charge on any atom is -0.374 e. The Kier molecular flexibility index (Phi) is 2.27. The maximum Gasteiger partial charge on any atom is 0.190 e. The lowest BCUT2D eigenvalue weighted by Crippen LogP contribution is -2.39. The van der Waals surface area contributed by atoms with Crippen molar-refractivity contribution >= 4 is 5.96 Å². The van der Waals surface area contributed by atoms with Gasteiger partial charge in [0.1, 0.15) is 6.23 Å². The van der Waals surface area contributed by atoms with Crippen molar-refractivity contribution in [2.45, 2.75) is 13.2 Å². The van der Waals surface area contributed by atoms with Crippen LogP contribution in [0.2, 0.25) is 0 Å². The Morgan fingerprint density at radius 1 is 1.88 bits per heavy atom. The summed E-state index contributed by atoms with van der Waals surface area (Å²) >= 11 is 0. The SMILES string of the molecule is CC(O)N(C)C(=N)N. The number of nitrogens with one attached hydrogen (secondary N) is 1. The van der Waals surface area contributed by atoms with Gasteiger partial charge in [0.15, 0.2) is 5.96 Å². The van der Waals surface area contributed by atoms with E-state index in [2.05, 4.69) is 0 Å². The highest BCUT2D eigenvalue weighted by Gasteiger charge is 2.03. The summed E-state index contributed by atoms with van der Waals surface area (Å²) in [5.74, 6) is -0.125. The number of guanidine groups is 1. The standard InChI is InChI=1S/C4H11N3O/c1-3(8)7(2)4(5)6/h3,8H,1-2H3,(H3,5,6). The van der Waals surface area contributed by atoms with Gasteiger partial charge in [-0.15, -0.1) is 0 Å². The van der Waals surface area contributed by atoms with E-state index in [4.69, 9.17) is 16.2 Å². The van der Waals surface area contributed by atoms with Crippen LogP contribution in [-0.4, -0.2) is 29.2 Å². The van der Waals surface area contributed by atoms with Gasteiger partial charge >= 0.3 is 0 Å². The van der Waals surface area contributed by atoms with Crippen LogP contribution in [0.4, 0.5) is 0 Å². The van der Waals surface area contributed by atoms with Crippen LogP contribution in [0.3, 0.4) is 0 Å². The normalized spacial score (nSPS) is 12.9. The van der Waals surface area contributed by atoms with Crippen LogP contribution in [0.1, 0.15) is 6.92 Å². The fourth-order valence-corrected chi connectivity index (χ4v) is 0.201. The van der Waals surface area contributed by atoms with E-state index in [1.807, 2.05) is 0 Å². The fraction of sp³-hybridized carbons (Fsp3) is 0.750. The Hall–Kier alpha value is -0.770. The van der Waals surface area contributed by atoms with Crippen molar-refractivity contribution in [1.82, 2.24) is 4.90 Å². The lowest BCUT2D eigenvalue weighted by molar-refractivity contribution is 0.0863. The lowest BCUT2D eigenvalue weighted by atomic mass is 10.6. The number of nitrogens with zero attached hydrogens (tertiary/aromatic N) is 1. The van der Waals surface area contributed by atoms with Crippen LogP contribution in [0.15, 0.2) is 0 Å². The highest BCUT2D eigenvalue weighted by atomic mass is 16.3. The smallest absolute Gasteiger partial charge is 0.190 e. The Morgan fingerprint density at radius 3 is 2.25 bits per heavy atom. The molecule has 0 rings (SSSR count). The third kappa shape index (κ3) is 1.79. The summed E-state index contributed by atoms with van der Waals surface area (Å²) in [4.78, 5) is 1.25. The largest absolute Gasteiger partial charge is 0.374 e. The van der Waals surface area contributed by atoms with Gasteiger partial charge in [-0.3, -0.25) is 5.41 Å². The fourth-order valence-electron chi connectivity index (χ4n) is 0.201. The molecule has 4 N–H and O–H groups in total. The first-order chi connectivity index (χ1) is 3.55. The third-order valence-corrected chi connectivity index (χ3v) is 0.940. The number of hydrogen-bond acceptors (Lipinski definition) is 2. The molecule has 0 aliphatic carbocycles. The summed E-state index contributed by atoms with van der Waals surface area (Å²) in [5, 5.41) is 15.5. The number of aliphatic hydroxyl groups is 1. The summed E-state index contributed by atoms with van der Waals surface area (Å²) in [6.07, 6.45) is -0.674. The average Bonchev–Trinajstić information content (AvgIpc) is 1.64. The Bertz CT molecular complexity index is 91.3. The van der Waals surface area contributed by atoms with Crippen LogP contribution in [-0.2, 0) is 0 Å². The highest BCUT2D eigenvalue weighted by molar-refractivity contribution is 5.74. The summed E-state index contributed by atoms with van der Waals surface area (Å²) < 4.78 is 0. The molecule has 8 heavy (non-hydrogen) atoms. The van der Waals surface area contributed by atoms with Crippen LogP contribution in [0.25, 0.3) is 0 Å². The molecule has 4 heteroatoms. The minimum absolute atomic E-state index is 0.125. The van der Waals surface area contributed by atoms with Gasteiger partial charge in [0.05, 0.1) is 0 Å². The second-order valence-electron chi connectivity index (χ2n) is 1.63. The summed E-state index contributed by atoms with van der Waals surface area (Å²) in [5.41, 5.74) is 4.99. The van der Waals surface area contributed by atoms with Crippen molar-refractivity contribution in [3.63, 3.8) is 0 Å². The molecule has 1 unspecified atom stereocenters. The zero-order chi connectivity index (χ0) is 6.73. The zero-order valence-electron chi connectivity index (χ0n) is 5.05. The predicted octanol–water partition coefficient (Wildman–Crippen LogP) is -0.850. The van der Waals surface area contributed by atoms with E-state index in [-0.39, 0.29) is 5.96 Å². The predicted molar refractivity (Wildman–Crippen MR) is 31.4 cm³/mol. The number of hydrogen-bond donors (Lipinski definition) is 3. The van der Waals surface area contributed by atoms with Gasteiger partial charge in [0.2, 0.25) is 0 Å². The number of aliphatic hydroxyl groups excluding tert-OH is 1. The van der Waals surface area contributed by atoms with Crippen LogP contribution >= 0.6 is 0 Å². The molecular weight excluding hydrogens is 106 g/mol.